The Morgan fingerprint density at radius 3 is 2.61 bits per heavy atom. The van der Waals surface area contributed by atoms with E-state index in [0.717, 1.165) is 11.1 Å². The quantitative estimate of drug-likeness (QED) is 0.647. The van der Waals surface area contributed by atoms with Crippen LogP contribution in [0.4, 0.5) is 0 Å². The molecule has 144 valence electrons. The number of hydrogen-bond donors (Lipinski definition) is 1. The molecule has 0 atom stereocenters. The first-order valence-corrected chi connectivity index (χ1v) is 9.29. The van der Waals surface area contributed by atoms with Crippen LogP contribution in [-0.4, -0.2) is 21.7 Å². The molecule has 6 nitrogen and oxygen atoms in total. The van der Waals surface area contributed by atoms with Gasteiger partial charge in [0.15, 0.2) is 0 Å². The maximum atomic E-state index is 12.8. The Morgan fingerprint density at radius 1 is 1.25 bits per heavy atom. The summed E-state index contributed by atoms with van der Waals surface area (Å²) in [5.41, 5.74) is 1.66. The Labute approximate surface area is 167 Å². The Balaban J connectivity index is 2.03. The van der Waals surface area contributed by atoms with E-state index in [4.69, 9.17) is 11.6 Å². The molecule has 28 heavy (non-hydrogen) atoms. The lowest BCUT2D eigenvalue weighted by molar-refractivity contribution is -0.108. The molecule has 7 heteroatoms. The molecule has 0 saturated heterocycles. The van der Waals surface area contributed by atoms with Crippen molar-refractivity contribution in [3.8, 4) is 0 Å². The fourth-order valence-corrected chi connectivity index (χ4v) is 3.20. The second kappa shape index (κ2) is 8.35. The largest absolute Gasteiger partial charge is 0.348 e. The van der Waals surface area contributed by atoms with E-state index >= 15 is 0 Å². The Kier molecular flexibility index (Phi) is 5.90. The molecule has 2 aromatic heterocycles. The van der Waals surface area contributed by atoms with E-state index in [1.54, 1.807) is 36.5 Å². The summed E-state index contributed by atoms with van der Waals surface area (Å²) in [5, 5.41) is 4.05. The summed E-state index contributed by atoms with van der Waals surface area (Å²) < 4.78 is 1.24. The van der Waals surface area contributed by atoms with E-state index < -0.39 is 11.5 Å². The summed E-state index contributed by atoms with van der Waals surface area (Å²) in [4.78, 5) is 40.9. The van der Waals surface area contributed by atoms with Gasteiger partial charge >= 0.3 is 0 Å². The van der Waals surface area contributed by atoms with Crippen molar-refractivity contribution in [1.82, 2.24) is 14.9 Å². The summed E-state index contributed by atoms with van der Waals surface area (Å²) in [6, 6.07) is 10.5. The number of benzene rings is 1. The van der Waals surface area contributed by atoms with Crippen molar-refractivity contribution in [2.45, 2.75) is 32.9 Å². The highest BCUT2D eigenvalue weighted by Gasteiger charge is 2.18. The van der Waals surface area contributed by atoms with Crippen molar-refractivity contribution in [2.24, 2.45) is 0 Å². The number of nitrogens with one attached hydrogen (secondary N) is 1. The molecule has 3 rings (SSSR count). The summed E-state index contributed by atoms with van der Waals surface area (Å²) in [5.74, 6) is -0.335. The molecule has 0 spiro atoms. The summed E-state index contributed by atoms with van der Waals surface area (Å²) >= 11 is 5.87. The molecule has 0 unspecified atom stereocenters. The van der Waals surface area contributed by atoms with Crippen LogP contribution in [0.25, 0.3) is 11.0 Å². The molecule has 3 aromatic rings. The number of hydrogen-bond acceptors (Lipinski definition) is 4. The van der Waals surface area contributed by atoms with E-state index in [-0.39, 0.29) is 24.6 Å². The second-order valence-electron chi connectivity index (χ2n) is 6.74. The third kappa shape index (κ3) is 3.97. The number of aromatic nitrogens is 2. The molecular weight excluding hydrogens is 378 g/mol. The van der Waals surface area contributed by atoms with Crippen LogP contribution in [-0.2, 0) is 17.9 Å². The maximum absolute atomic E-state index is 12.8. The molecule has 1 amide bonds. The average Bonchev–Trinajstić information content (AvgIpc) is 2.68. The van der Waals surface area contributed by atoms with Crippen LogP contribution in [0.3, 0.4) is 0 Å². The van der Waals surface area contributed by atoms with Gasteiger partial charge in [0.1, 0.15) is 17.5 Å². The predicted molar refractivity (Wildman–Crippen MR) is 109 cm³/mol. The minimum Gasteiger partial charge on any atom is -0.348 e. The van der Waals surface area contributed by atoms with E-state index in [1.165, 1.54) is 4.57 Å². The van der Waals surface area contributed by atoms with Gasteiger partial charge < -0.3 is 10.1 Å². The fraction of sp³-hybridized carbons (Fsp3) is 0.238. The third-order valence-corrected chi connectivity index (χ3v) is 4.76. The number of halogens is 1. The van der Waals surface area contributed by atoms with Gasteiger partial charge in [-0.05, 0) is 41.3 Å². The highest BCUT2D eigenvalue weighted by molar-refractivity contribution is 6.30. The van der Waals surface area contributed by atoms with E-state index in [1.807, 2.05) is 19.9 Å². The van der Waals surface area contributed by atoms with Gasteiger partial charge in [-0.15, -0.1) is 0 Å². The van der Waals surface area contributed by atoms with Gasteiger partial charge in [-0.2, -0.15) is 0 Å². The molecule has 0 saturated carbocycles. The first kappa shape index (κ1) is 19.8. The Morgan fingerprint density at radius 2 is 1.96 bits per heavy atom. The Hall–Kier alpha value is -2.99. The van der Waals surface area contributed by atoms with Crippen molar-refractivity contribution in [2.75, 3.05) is 0 Å². The van der Waals surface area contributed by atoms with Gasteiger partial charge in [0.2, 0.25) is 0 Å². The number of nitrogens with zero attached hydrogens (tertiary/aromatic N) is 2. The average molecular weight is 398 g/mol. The molecule has 0 aliphatic rings. The van der Waals surface area contributed by atoms with Crippen LogP contribution < -0.4 is 10.9 Å². The fourth-order valence-electron chi connectivity index (χ4n) is 3.08. The Bertz CT molecular complexity index is 1090. The van der Waals surface area contributed by atoms with Gasteiger partial charge in [-0.25, -0.2) is 4.98 Å². The van der Waals surface area contributed by atoms with Crippen molar-refractivity contribution < 1.29 is 9.59 Å². The molecule has 0 aliphatic carbocycles. The van der Waals surface area contributed by atoms with E-state index in [2.05, 4.69) is 10.3 Å². The van der Waals surface area contributed by atoms with Crippen LogP contribution in [0.5, 0.6) is 0 Å². The highest BCUT2D eigenvalue weighted by atomic mass is 35.5. The lowest BCUT2D eigenvalue weighted by Gasteiger charge is -2.14. The van der Waals surface area contributed by atoms with E-state index in [0.29, 0.717) is 22.3 Å². The monoisotopic (exact) mass is 397 g/mol. The molecule has 0 fully saturated rings. The van der Waals surface area contributed by atoms with Crippen molar-refractivity contribution in [1.29, 1.82) is 0 Å². The lowest BCUT2D eigenvalue weighted by atomic mass is 9.99. The van der Waals surface area contributed by atoms with Gasteiger partial charge in [-0.1, -0.05) is 37.6 Å². The number of carbonyl (C=O) groups is 2. The number of pyridine rings is 2. The summed E-state index contributed by atoms with van der Waals surface area (Å²) in [7, 11) is 0. The second-order valence-corrected chi connectivity index (χ2v) is 7.18. The topological polar surface area (TPSA) is 81.1 Å². The third-order valence-electron chi connectivity index (χ3n) is 4.51. The standard InChI is InChI=1S/C21H20ClN3O3/c1-13(2)16-7-8-23-19-17(16)11-18(21(28)25(19)9-10-26)20(27)24-12-14-3-5-15(22)6-4-14/h3-8,10-11,13H,9,12H2,1-2H3,(H,24,27). The number of carbonyl (C=O) groups excluding carboxylic acids is 2. The molecular formula is C21H20ClN3O3. The molecule has 1 aromatic carbocycles. The van der Waals surface area contributed by atoms with Crippen molar-refractivity contribution >= 4 is 34.8 Å². The first-order valence-electron chi connectivity index (χ1n) is 8.91. The summed E-state index contributed by atoms with van der Waals surface area (Å²) in [6.07, 6.45) is 2.23. The van der Waals surface area contributed by atoms with Crippen LogP contribution in [0.1, 0.15) is 41.3 Å². The van der Waals surface area contributed by atoms with E-state index in [9.17, 15) is 14.4 Å². The number of rotatable bonds is 6. The van der Waals surface area contributed by atoms with Crippen LogP contribution >= 0.6 is 11.6 Å². The maximum Gasteiger partial charge on any atom is 0.265 e. The van der Waals surface area contributed by atoms with Gasteiger partial charge in [0.25, 0.3) is 11.5 Å². The van der Waals surface area contributed by atoms with Gasteiger partial charge in [0, 0.05) is 23.2 Å². The first-order chi connectivity index (χ1) is 13.4. The van der Waals surface area contributed by atoms with Gasteiger partial charge in [-0.3, -0.25) is 14.2 Å². The van der Waals surface area contributed by atoms with Gasteiger partial charge in [0.05, 0.1) is 6.54 Å². The lowest BCUT2D eigenvalue weighted by Crippen LogP contribution is -2.33. The number of amides is 1. The molecule has 0 bridgehead atoms. The molecule has 0 radical (unpaired) electrons. The van der Waals surface area contributed by atoms with Crippen LogP contribution in [0, 0.1) is 0 Å². The summed E-state index contributed by atoms with van der Waals surface area (Å²) in [6.45, 7) is 4.13. The minimum atomic E-state index is -0.540. The zero-order valence-electron chi connectivity index (χ0n) is 15.6. The minimum absolute atomic E-state index is 0.0155. The molecule has 1 N–H and O–H groups in total. The normalized spacial score (nSPS) is 11.0. The zero-order valence-corrected chi connectivity index (χ0v) is 16.4. The van der Waals surface area contributed by atoms with Crippen molar-refractivity contribution in [3.63, 3.8) is 0 Å². The van der Waals surface area contributed by atoms with Crippen LogP contribution in [0.2, 0.25) is 5.02 Å². The molecule has 2 heterocycles. The zero-order chi connectivity index (χ0) is 20.3. The SMILES string of the molecule is CC(C)c1ccnc2c1cc(C(=O)NCc1ccc(Cl)cc1)c(=O)n2CC=O. The van der Waals surface area contributed by atoms with Crippen LogP contribution in [0.15, 0.2) is 47.4 Å². The number of aldehydes is 1. The molecule has 0 aliphatic heterocycles. The predicted octanol–water partition coefficient (Wildman–Crippen LogP) is 3.30. The highest BCUT2D eigenvalue weighted by Crippen LogP contribution is 2.23. The smallest absolute Gasteiger partial charge is 0.265 e. The van der Waals surface area contributed by atoms with Crippen molar-refractivity contribution in [3.05, 3.63) is 74.7 Å². The number of fused-ring (bicyclic) bond motifs is 1.